The Morgan fingerprint density at radius 1 is 1.13 bits per heavy atom. The monoisotopic (exact) mass is 420 g/mol. The van der Waals surface area contributed by atoms with Crippen molar-refractivity contribution >= 4 is 34.0 Å². The largest absolute Gasteiger partial charge is 0.311 e. The number of hydrogen-bond donors (Lipinski definition) is 1. The van der Waals surface area contributed by atoms with Gasteiger partial charge in [0.05, 0.1) is 5.92 Å². The molecule has 1 N–H and O–H groups in total. The highest BCUT2D eigenvalue weighted by molar-refractivity contribution is 7.15. The second kappa shape index (κ2) is 8.75. The van der Waals surface area contributed by atoms with Crippen molar-refractivity contribution in [2.75, 3.05) is 16.8 Å². The molecule has 2 heterocycles. The van der Waals surface area contributed by atoms with E-state index in [1.807, 2.05) is 50.2 Å². The fraction of sp³-hybridized carbons (Fsp3) is 0.304. The zero-order valence-corrected chi connectivity index (χ0v) is 17.9. The van der Waals surface area contributed by atoms with Crippen LogP contribution in [0.2, 0.25) is 0 Å². The molecule has 1 saturated heterocycles. The maximum atomic E-state index is 12.7. The number of rotatable bonds is 6. The molecule has 0 bridgehead atoms. The Morgan fingerprint density at radius 3 is 2.70 bits per heavy atom. The van der Waals surface area contributed by atoms with Gasteiger partial charge >= 0.3 is 0 Å². The standard InChI is InChI=1S/C23H24N4O2S/c1-15-8-10-19(16(2)12-15)27-14-18(13-21(27)28)22(29)24-23-26-25-20(30-23)11-9-17-6-4-3-5-7-17/h3-8,10,12,18H,9,11,13-14H2,1-2H3,(H,24,26,29). The highest BCUT2D eigenvalue weighted by Crippen LogP contribution is 2.29. The van der Waals surface area contributed by atoms with Crippen molar-refractivity contribution in [1.29, 1.82) is 0 Å². The van der Waals surface area contributed by atoms with E-state index in [2.05, 4.69) is 27.6 Å². The average Bonchev–Trinajstić information content (AvgIpc) is 3.34. The van der Waals surface area contributed by atoms with Gasteiger partial charge in [-0.25, -0.2) is 0 Å². The van der Waals surface area contributed by atoms with Crippen LogP contribution >= 0.6 is 11.3 Å². The van der Waals surface area contributed by atoms with Crippen LogP contribution in [-0.4, -0.2) is 28.6 Å². The van der Waals surface area contributed by atoms with Crippen LogP contribution in [0.3, 0.4) is 0 Å². The van der Waals surface area contributed by atoms with E-state index in [-0.39, 0.29) is 18.2 Å². The summed E-state index contributed by atoms with van der Waals surface area (Å²) in [7, 11) is 0. The van der Waals surface area contributed by atoms with Crippen molar-refractivity contribution in [3.05, 3.63) is 70.2 Å². The van der Waals surface area contributed by atoms with E-state index in [1.165, 1.54) is 16.9 Å². The van der Waals surface area contributed by atoms with E-state index in [0.717, 1.165) is 34.7 Å². The normalized spacial score (nSPS) is 16.1. The van der Waals surface area contributed by atoms with Crippen molar-refractivity contribution < 1.29 is 9.59 Å². The number of amides is 2. The molecule has 2 amide bonds. The molecule has 2 aromatic carbocycles. The number of nitrogens with zero attached hydrogens (tertiary/aromatic N) is 3. The molecule has 1 fully saturated rings. The highest BCUT2D eigenvalue weighted by atomic mass is 32.1. The molecule has 1 unspecified atom stereocenters. The number of carbonyl (C=O) groups excluding carboxylic acids is 2. The van der Waals surface area contributed by atoms with Crippen LogP contribution in [0.25, 0.3) is 0 Å². The van der Waals surface area contributed by atoms with Crippen molar-refractivity contribution in [1.82, 2.24) is 10.2 Å². The maximum absolute atomic E-state index is 12.7. The molecule has 0 spiro atoms. The minimum Gasteiger partial charge on any atom is -0.311 e. The third-order valence-corrected chi connectivity index (χ3v) is 6.20. The fourth-order valence-corrected chi connectivity index (χ4v) is 4.48. The predicted molar refractivity (Wildman–Crippen MR) is 119 cm³/mol. The van der Waals surface area contributed by atoms with Crippen molar-refractivity contribution in [3.63, 3.8) is 0 Å². The summed E-state index contributed by atoms with van der Waals surface area (Å²) < 4.78 is 0. The lowest BCUT2D eigenvalue weighted by atomic mass is 10.1. The Balaban J connectivity index is 1.35. The summed E-state index contributed by atoms with van der Waals surface area (Å²) in [5.74, 6) is -0.598. The Bertz CT molecular complexity index is 1060. The van der Waals surface area contributed by atoms with Gasteiger partial charge in [-0.1, -0.05) is 59.4 Å². The summed E-state index contributed by atoms with van der Waals surface area (Å²) in [6.07, 6.45) is 1.87. The van der Waals surface area contributed by atoms with Crippen LogP contribution in [-0.2, 0) is 22.4 Å². The molecule has 7 heteroatoms. The van der Waals surface area contributed by atoms with Gasteiger partial charge in [-0.05, 0) is 37.5 Å². The Morgan fingerprint density at radius 2 is 1.93 bits per heavy atom. The topological polar surface area (TPSA) is 75.2 Å². The smallest absolute Gasteiger partial charge is 0.231 e. The zero-order valence-electron chi connectivity index (χ0n) is 17.1. The van der Waals surface area contributed by atoms with E-state index in [1.54, 1.807) is 4.90 Å². The van der Waals surface area contributed by atoms with Gasteiger partial charge in [-0.2, -0.15) is 0 Å². The third kappa shape index (κ3) is 4.57. The van der Waals surface area contributed by atoms with Crippen LogP contribution in [0.5, 0.6) is 0 Å². The lowest BCUT2D eigenvalue weighted by Gasteiger charge is -2.19. The summed E-state index contributed by atoms with van der Waals surface area (Å²) in [5, 5.41) is 12.5. The molecule has 0 radical (unpaired) electrons. The molecular weight excluding hydrogens is 396 g/mol. The molecule has 6 nitrogen and oxygen atoms in total. The SMILES string of the molecule is Cc1ccc(N2CC(C(=O)Nc3nnc(CCc4ccccc4)s3)CC2=O)c(C)c1. The molecule has 1 aliphatic rings. The molecule has 1 atom stereocenters. The average molecular weight is 421 g/mol. The van der Waals surface area contributed by atoms with Gasteiger partial charge < -0.3 is 10.2 Å². The lowest BCUT2D eigenvalue weighted by molar-refractivity contribution is -0.122. The second-order valence-corrected chi connectivity index (χ2v) is 8.73. The van der Waals surface area contributed by atoms with Gasteiger partial charge in [0.1, 0.15) is 5.01 Å². The van der Waals surface area contributed by atoms with Crippen LogP contribution in [0.4, 0.5) is 10.8 Å². The van der Waals surface area contributed by atoms with E-state index >= 15 is 0 Å². The molecule has 30 heavy (non-hydrogen) atoms. The molecule has 154 valence electrons. The lowest BCUT2D eigenvalue weighted by Crippen LogP contribution is -2.28. The first-order valence-electron chi connectivity index (χ1n) is 10.0. The molecule has 4 rings (SSSR count). The Hall–Kier alpha value is -3.06. The van der Waals surface area contributed by atoms with Gasteiger partial charge in [-0.3, -0.25) is 9.59 Å². The molecule has 1 aliphatic heterocycles. The Labute approximate surface area is 180 Å². The first-order valence-corrected chi connectivity index (χ1v) is 10.9. The van der Waals surface area contributed by atoms with E-state index in [0.29, 0.717) is 11.7 Å². The van der Waals surface area contributed by atoms with Crippen molar-refractivity contribution in [2.24, 2.45) is 5.92 Å². The Kier molecular flexibility index (Phi) is 5.90. The van der Waals surface area contributed by atoms with Gasteiger partial charge in [-0.15, -0.1) is 10.2 Å². The number of aryl methyl sites for hydroxylation is 4. The van der Waals surface area contributed by atoms with Gasteiger partial charge in [0.15, 0.2) is 0 Å². The summed E-state index contributed by atoms with van der Waals surface area (Å²) in [6.45, 7) is 4.39. The molecule has 0 saturated carbocycles. The maximum Gasteiger partial charge on any atom is 0.231 e. The third-order valence-electron chi connectivity index (χ3n) is 5.31. The van der Waals surface area contributed by atoms with Crippen molar-refractivity contribution in [3.8, 4) is 0 Å². The fourth-order valence-electron chi connectivity index (χ4n) is 3.73. The molecule has 3 aromatic rings. The van der Waals surface area contributed by atoms with E-state index in [4.69, 9.17) is 0 Å². The number of anilines is 2. The first kappa shape index (κ1) is 20.2. The number of hydrogen-bond acceptors (Lipinski definition) is 5. The summed E-state index contributed by atoms with van der Waals surface area (Å²) in [5.41, 5.74) is 4.31. The van der Waals surface area contributed by atoms with Crippen molar-refractivity contribution in [2.45, 2.75) is 33.1 Å². The van der Waals surface area contributed by atoms with E-state index < -0.39 is 5.92 Å². The molecule has 0 aliphatic carbocycles. The highest BCUT2D eigenvalue weighted by Gasteiger charge is 2.36. The first-order chi connectivity index (χ1) is 14.5. The minimum atomic E-state index is -0.394. The minimum absolute atomic E-state index is 0.0251. The number of benzene rings is 2. The summed E-state index contributed by atoms with van der Waals surface area (Å²) >= 11 is 1.39. The van der Waals surface area contributed by atoms with Crippen LogP contribution in [0, 0.1) is 19.8 Å². The predicted octanol–water partition coefficient (Wildman–Crippen LogP) is 3.93. The van der Waals surface area contributed by atoms with Crippen LogP contribution in [0.1, 0.15) is 28.1 Å². The zero-order chi connectivity index (χ0) is 21.1. The number of nitrogens with one attached hydrogen (secondary N) is 1. The summed E-state index contributed by atoms with van der Waals surface area (Å²) in [6, 6.07) is 16.2. The number of aromatic nitrogens is 2. The van der Waals surface area contributed by atoms with Gasteiger partial charge in [0.2, 0.25) is 16.9 Å². The van der Waals surface area contributed by atoms with Gasteiger partial charge in [0.25, 0.3) is 0 Å². The summed E-state index contributed by atoms with van der Waals surface area (Å²) in [4.78, 5) is 27.0. The van der Waals surface area contributed by atoms with Gasteiger partial charge in [0, 0.05) is 25.1 Å². The number of carbonyl (C=O) groups is 2. The van der Waals surface area contributed by atoms with E-state index in [9.17, 15) is 9.59 Å². The second-order valence-electron chi connectivity index (χ2n) is 7.67. The quantitative estimate of drug-likeness (QED) is 0.656. The van der Waals surface area contributed by atoms with Crippen LogP contribution < -0.4 is 10.2 Å². The molecule has 1 aromatic heterocycles. The van der Waals surface area contributed by atoms with Crippen LogP contribution in [0.15, 0.2) is 48.5 Å². The molecular formula is C23H24N4O2S.